The topological polar surface area (TPSA) is 38.8 Å². The van der Waals surface area contributed by atoms with Gasteiger partial charge in [-0.1, -0.05) is 20.8 Å². The molecular weight excluding hydrogens is 230 g/mol. The van der Waals surface area contributed by atoms with Gasteiger partial charge in [0, 0.05) is 26.2 Å². The third kappa shape index (κ3) is 6.36. The number of nitrogens with zero attached hydrogens (tertiary/aromatic N) is 1. The van der Waals surface area contributed by atoms with Crippen molar-refractivity contribution in [2.24, 2.45) is 5.92 Å². The third-order valence-electron chi connectivity index (χ3n) is 3.24. The van der Waals surface area contributed by atoms with Crippen molar-refractivity contribution in [2.75, 3.05) is 33.4 Å². The van der Waals surface area contributed by atoms with Crippen molar-refractivity contribution >= 4 is 5.97 Å². The van der Waals surface area contributed by atoms with Crippen molar-refractivity contribution < 1.29 is 14.3 Å². The van der Waals surface area contributed by atoms with Crippen LogP contribution in [0.15, 0.2) is 0 Å². The van der Waals surface area contributed by atoms with Crippen LogP contribution in [0.3, 0.4) is 0 Å². The Kier molecular flexibility index (Phi) is 9.98. The summed E-state index contributed by atoms with van der Waals surface area (Å²) in [7, 11) is 1.71. The molecule has 4 nitrogen and oxygen atoms in total. The fraction of sp³-hybridized carbons (Fsp3) is 0.929. The van der Waals surface area contributed by atoms with Gasteiger partial charge < -0.3 is 9.47 Å². The molecule has 0 rings (SSSR count). The highest BCUT2D eigenvalue weighted by Crippen LogP contribution is 2.12. The van der Waals surface area contributed by atoms with E-state index >= 15 is 0 Å². The molecule has 0 aromatic carbocycles. The molecule has 0 aliphatic heterocycles. The standard InChI is InChI=1S/C14H29NO3/c1-6-13(7-2)15(9-10-17-5)11-12(4)14(16)18-8-3/h12-13H,6-11H2,1-5H3. The lowest BCUT2D eigenvalue weighted by Gasteiger charge is -2.31. The van der Waals surface area contributed by atoms with Gasteiger partial charge in [-0.05, 0) is 19.8 Å². The Hall–Kier alpha value is -0.610. The van der Waals surface area contributed by atoms with E-state index in [0.717, 1.165) is 25.9 Å². The lowest BCUT2D eigenvalue weighted by Crippen LogP contribution is -2.41. The van der Waals surface area contributed by atoms with Crippen LogP contribution < -0.4 is 0 Å². The van der Waals surface area contributed by atoms with Gasteiger partial charge in [-0.3, -0.25) is 9.69 Å². The molecule has 0 saturated heterocycles. The largest absolute Gasteiger partial charge is 0.466 e. The molecule has 0 radical (unpaired) electrons. The first-order chi connectivity index (χ1) is 8.60. The number of hydrogen-bond acceptors (Lipinski definition) is 4. The molecule has 108 valence electrons. The van der Waals surface area contributed by atoms with Crippen LogP contribution >= 0.6 is 0 Å². The van der Waals surface area contributed by atoms with E-state index in [4.69, 9.17) is 9.47 Å². The number of rotatable bonds is 10. The third-order valence-corrected chi connectivity index (χ3v) is 3.24. The van der Waals surface area contributed by atoms with Gasteiger partial charge >= 0.3 is 5.97 Å². The second kappa shape index (κ2) is 10.3. The maximum atomic E-state index is 11.7. The second-order valence-corrected chi connectivity index (χ2v) is 4.61. The summed E-state index contributed by atoms with van der Waals surface area (Å²) in [6.07, 6.45) is 2.19. The van der Waals surface area contributed by atoms with Crippen LogP contribution in [-0.4, -0.2) is 50.3 Å². The first-order valence-corrected chi connectivity index (χ1v) is 7.00. The van der Waals surface area contributed by atoms with Crippen LogP contribution in [0.2, 0.25) is 0 Å². The minimum absolute atomic E-state index is 0.0811. The first kappa shape index (κ1) is 17.4. The van der Waals surface area contributed by atoms with E-state index in [1.807, 2.05) is 13.8 Å². The molecule has 0 aliphatic rings. The maximum absolute atomic E-state index is 11.7. The van der Waals surface area contributed by atoms with Crippen molar-refractivity contribution in [1.82, 2.24) is 4.90 Å². The van der Waals surface area contributed by atoms with E-state index < -0.39 is 0 Å². The molecule has 4 heteroatoms. The molecular formula is C14H29NO3. The monoisotopic (exact) mass is 259 g/mol. The molecule has 0 amide bonds. The molecule has 0 fully saturated rings. The summed E-state index contributed by atoms with van der Waals surface area (Å²) < 4.78 is 10.2. The lowest BCUT2D eigenvalue weighted by molar-refractivity contribution is -0.148. The van der Waals surface area contributed by atoms with Crippen molar-refractivity contribution in [3.63, 3.8) is 0 Å². The van der Waals surface area contributed by atoms with Gasteiger partial charge in [0.1, 0.15) is 0 Å². The number of hydrogen-bond donors (Lipinski definition) is 0. The van der Waals surface area contributed by atoms with Crippen molar-refractivity contribution in [3.05, 3.63) is 0 Å². The van der Waals surface area contributed by atoms with E-state index in [0.29, 0.717) is 19.3 Å². The van der Waals surface area contributed by atoms with Crippen molar-refractivity contribution in [1.29, 1.82) is 0 Å². The minimum Gasteiger partial charge on any atom is -0.466 e. The maximum Gasteiger partial charge on any atom is 0.309 e. The second-order valence-electron chi connectivity index (χ2n) is 4.61. The first-order valence-electron chi connectivity index (χ1n) is 7.00. The fourth-order valence-electron chi connectivity index (χ4n) is 2.15. The van der Waals surface area contributed by atoms with Gasteiger partial charge in [0.15, 0.2) is 0 Å². The predicted octanol–water partition coefficient (Wildman–Crippen LogP) is 2.32. The Morgan fingerprint density at radius 3 is 2.28 bits per heavy atom. The summed E-state index contributed by atoms with van der Waals surface area (Å²) in [4.78, 5) is 14.0. The van der Waals surface area contributed by atoms with Gasteiger partial charge in [-0.25, -0.2) is 0 Å². The Bertz CT molecular complexity index is 217. The van der Waals surface area contributed by atoms with Crippen molar-refractivity contribution in [2.45, 2.75) is 46.6 Å². The molecule has 1 atom stereocenters. The van der Waals surface area contributed by atoms with Crippen LogP contribution in [0.5, 0.6) is 0 Å². The predicted molar refractivity (Wildman–Crippen MR) is 73.6 cm³/mol. The molecule has 0 N–H and O–H groups in total. The zero-order valence-corrected chi connectivity index (χ0v) is 12.6. The molecule has 0 bridgehead atoms. The van der Waals surface area contributed by atoms with E-state index in [9.17, 15) is 4.79 Å². The number of ether oxygens (including phenoxy) is 2. The number of esters is 1. The van der Waals surface area contributed by atoms with Crippen molar-refractivity contribution in [3.8, 4) is 0 Å². The van der Waals surface area contributed by atoms with Crippen LogP contribution in [-0.2, 0) is 14.3 Å². The number of carbonyl (C=O) groups excluding carboxylic acids is 1. The normalized spacial score (nSPS) is 13.1. The summed E-state index contributed by atoms with van der Waals surface area (Å²) in [5, 5.41) is 0. The molecule has 0 spiro atoms. The Balaban J connectivity index is 4.41. The molecule has 0 heterocycles. The lowest BCUT2D eigenvalue weighted by atomic mass is 10.1. The molecule has 0 aromatic heterocycles. The van der Waals surface area contributed by atoms with Crippen LogP contribution in [0.4, 0.5) is 0 Å². The van der Waals surface area contributed by atoms with Gasteiger partial charge in [0.2, 0.25) is 0 Å². The van der Waals surface area contributed by atoms with Crippen LogP contribution in [0.1, 0.15) is 40.5 Å². The highest BCUT2D eigenvalue weighted by Gasteiger charge is 2.22. The summed E-state index contributed by atoms with van der Waals surface area (Å²) >= 11 is 0. The van der Waals surface area contributed by atoms with E-state index in [2.05, 4.69) is 18.7 Å². The highest BCUT2D eigenvalue weighted by atomic mass is 16.5. The number of carbonyl (C=O) groups is 1. The van der Waals surface area contributed by atoms with Gasteiger partial charge in [0.25, 0.3) is 0 Å². The SMILES string of the molecule is CCOC(=O)C(C)CN(CCOC)C(CC)CC. The zero-order valence-electron chi connectivity index (χ0n) is 12.6. The summed E-state index contributed by atoms with van der Waals surface area (Å²) in [5.41, 5.74) is 0. The molecule has 0 aromatic rings. The molecule has 0 saturated carbocycles. The summed E-state index contributed by atoms with van der Waals surface area (Å²) in [6.45, 7) is 10.9. The van der Waals surface area contributed by atoms with E-state index in [-0.39, 0.29) is 11.9 Å². The van der Waals surface area contributed by atoms with Crippen LogP contribution in [0.25, 0.3) is 0 Å². The van der Waals surface area contributed by atoms with Gasteiger partial charge in [-0.2, -0.15) is 0 Å². The number of methoxy groups -OCH3 is 1. The minimum atomic E-state index is -0.106. The molecule has 18 heavy (non-hydrogen) atoms. The van der Waals surface area contributed by atoms with E-state index in [1.165, 1.54) is 0 Å². The summed E-state index contributed by atoms with van der Waals surface area (Å²) in [6, 6.07) is 0.511. The Morgan fingerprint density at radius 1 is 1.22 bits per heavy atom. The Morgan fingerprint density at radius 2 is 1.83 bits per heavy atom. The van der Waals surface area contributed by atoms with E-state index in [1.54, 1.807) is 7.11 Å². The van der Waals surface area contributed by atoms with Crippen LogP contribution in [0, 0.1) is 5.92 Å². The fourth-order valence-corrected chi connectivity index (χ4v) is 2.15. The molecule has 1 unspecified atom stereocenters. The Labute approximate surface area is 112 Å². The van der Waals surface area contributed by atoms with Gasteiger partial charge in [0.05, 0.1) is 19.1 Å². The average Bonchev–Trinajstić information content (AvgIpc) is 2.37. The highest BCUT2D eigenvalue weighted by molar-refractivity contribution is 5.72. The zero-order chi connectivity index (χ0) is 14.0. The summed E-state index contributed by atoms with van der Waals surface area (Å²) in [5.74, 6) is -0.187. The average molecular weight is 259 g/mol. The van der Waals surface area contributed by atoms with Gasteiger partial charge in [-0.15, -0.1) is 0 Å². The quantitative estimate of drug-likeness (QED) is 0.564. The molecule has 0 aliphatic carbocycles. The smallest absolute Gasteiger partial charge is 0.309 e.